The van der Waals surface area contributed by atoms with Gasteiger partial charge in [0.15, 0.2) is 0 Å². The van der Waals surface area contributed by atoms with Gasteiger partial charge < -0.3 is 9.26 Å². The number of nitrogens with one attached hydrogen (secondary N) is 2. The third-order valence-corrected chi connectivity index (χ3v) is 6.18. The number of ether oxygens (including phenoxy) is 1. The lowest BCUT2D eigenvalue weighted by Gasteiger charge is -2.12. The summed E-state index contributed by atoms with van der Waals surface area (Å²) in [6, 6.07) is 8.78. The molecule has 1 aliphatic carbocycles. The molecule has 0 aliphatic heterocycles. The summed E-state index contributed by atoms with van der Waals surface area (Å²) in [6.45, 7) is 3.88. The van der Waals surface area contributed by atoms with Gasteiger partial charge in [-0.15, -0.1) is 11.3 Å². The number of thiophene rings is 1. The first-order chi connectivity index (χ1) is 14.0. The van der Waals surface area contributed by atoms with Gasteiger partial charge in [-0.3, -0.25) is 20.4 Å². The van der Waals surface area contributed by atoms with Gasteiger partial charge in [-0.25, -0.2) is 0 Å². The largest absolute Gasteiger partial charge is 0.488 e. The third-order valence-electron chi connectivity index (χ3n) is 4.94. The molecule has 0 saturated heterocycles. The maximum atomic E-state index is 12.6. The van der Waals surface area contributed by atoms with Crippen molar-refractivity contribution < 1.29 is 18.8 Å². The van der Waals surface area contributed by atoms with Crippen LogP contribution in [0.2, 0.25) is 0 Å². The van der Waals surface area contributed by atoms with E-state index in [2.05, 4.69) is 16.0 Å². The molecular weight excluding hydrogens is 390 g/mol. The van der Waals surface area contributed by atoms with Gasteiger partial charge in [-0.1, -0.05) is 17.3 Å². The van der Waals surface area contributed by atoms with Crippen molar-refractivity contribution in [3.05, 3.63) is 68.2 Å². The Morgan fingerprint density at radius 3 is 2.72 bits per heavy atom. The highest BCUT2D eigenvalue weighted by Gasteiger charge is 2.20. The van der Waals surface area contributed by atoms with Gasteiger partial charge in [-0.2, -0.15) is 0 Å². The highest BCUT2D eigenvalue weighted by atomic mass is 32.1. The molecule has 2 amide bonds. The van der Waals surface area contributed by atoms with Crippen molar-refractivity contribution in [2.24, 2.45) is 0 Å². The Labute approximate surface area is 172 Å². The third kappa shape index (κ3) is 4.02. The number of aromatic nitrogens is 1. The molecule has 0 saturated carbocycles. The molecule has 8 heteroatoms. The minimum atomic E-state index is -0.447. The van der Waals surface area contributed by atoms with E-state index >= 15 is 0 Å². The molecule has 0 bridgehead atoms. The Morgan fingerprint density at radius 1 is 1.17 bits per heavy atom. The van der Waals surface area contributed by atoms with Gasteiger partial charge in [0, 0.05) is 4.88 Å². The molecule has 2 aromatic heterocycles. The fourth-order valence-corrected chi connectivity index (χ4v) is 4.47. The zero-order chi connectivity index (χ0) is 20.4. The number of hydrogen-bond acceptors (Lipinski definition) is 6. The number of fused-ring (bicyclic) bond motifs is 1. The first-order valence-corrected chi connectivity index (χ1v) is 10.2. The molecule has 0 radical (unpaired) electrons. The number of hydrazine groups is 1. The monoisotopic (exact) mass is 411 g/mol. The summed E-state index contributed by atoms with van der Waals surface area (Å²) >= 11 is 1.49. The highest BCUT2D eigenvalue weighted by Crippen LogP contribution is 2.30. The predicted octanol–water partition coefficient (Wildman–Crippen LogP) is 3.50. The summed E-state index contributed by atoms with van der Waals surface area (Å²) in [7, 11) is 0. The lowest BCUT2D eigenvalue weighted by atomic mass is 10.2. The quantitative estimate of drug-likeness (QED) is 0.627. The van der Waals surface area contributed by atoms with E-state index in [0.29, 0.717) is 22.0 Å². The number of aryl methyl sites for hydroxylation is 4. The van der Waals surface area contributed by atoms with Crippen LogP contribution in [0.4, 0.5) is 0 Å². The Hall–Kier alpha value is -3.13. The van der Waals surface area contributed by atoms with Crippen molar-refractivity contribution in [3.8, 4) is 5.75 Å². The van der Waals surface area contributed by atoms with Crippen molar-refractivity contribution in [1.82, 2.24) is 16.0 Å². The molecule has 1 aliphatic rings. The Kier molecular flexibility index (Phi) is 5.35. The fourth-order valence-electron chi connectivity index (χ4n) is 3.32. The number of rotatable bonds is 5. The smallest absolute Gasteiger partial charge is 0.279 e. The number of benzene rings is 1. The summed E-state index contributed by atoms with van der Waals surface area (Å²) in [5.41, 5.74) is 8.13. The second kappa shape index (κ2) is 8.08. The Bertz CT molecular complexity index is 1030. The van der Waals surface area contributed by atoms with E-state index in [0.717, 1.165) is 30.5 Å². The number of carbonyl (C=O) groups is 2. The average Bonchev–Trinajstić information content (AvgIpc) is 3.40. The van der Waals surface area contributed by atoms with Crippen molar-refractivity contribution in [3.63, 3.8) is 0 Å². The first kappa shape index (κ1) is 19.2. The summed E-state index contributed by atoms with van der Waals surface area (Å²) in [6.07, 6.45) is 3.18. The van der Waals surface area contributed by atoms with Crippen LogP contribution in [0.5, 0.6) is 5.75 Å². The standard InChI is InChI=1S/C21H21N3O4S/c1-12-16(13(2)28-24-12)11-27-17-8-4-3-7-15(17)20(25)22-23-21(26)19-10-14-6-5-9-18(14)29-19/h3-4,7-8,10H,5-6,9,11H2,1-2H3,(H,22,25)(H,23,26). The maximum absolute atomic E-state index is 12.6. The number of nitrogens with zero attached hydrogens (tertiary/aromatic N) is 1. The van der Waals surface area contributed by atoms with Crippen molar-refractivity contribution in [2.45, 2.75) is 39.7 Å². The molecule has 0 unspecified atom stereocenters. The Morgan fingerprint density at radius 2 is 1.97 bits per heavy atom. The molecule has 1 aromatic carbocycles. The van der Waals surface area contributed by atoms with Gasteiger partial charge in [-0.05, 0) is 56.9 Å². The number of para-hydroxylation sites is 1. The molecule has 2 N–H and O–H groups in total. The second-order valence-electron chi connectivity index (χ2n) is 6.91. The van der Waals surface area contributed by atoms with E-state index in [1.807, 2.05) is 19.9 Å². The van der Waals surface area contributed by atoms with Crippen LogP contribution in [-0.4, -0.2) is 17.0 Å². The van der Waals surface area contributed by atoms with Crippen LogP contribution in [0, 0.1) is 13.8 Å². The van der Waals surface area contributed by atoms with E-state index in [1.54, 1.807) is 24.3 Å². The van der Waals surface area contributed by atoms with Crippen LogP contribution in [0.15, 0.2) is 34.9 Å². The zero-order valence-electron chi connectivity index (χ0n) is 16.2. The van der Waals surface area contributed by atoms with Gasteiger partial charge in [0.25, 0.3) is 11.8 Å². The fraction of sp³-hybridized carbons (Fsp3) is 0.286. The highest BCUT2D eigenvalue weighted by molar-refractivity contribution is 7.14. The molecule has 7 nitrogen and oxygen atoms in total. The molecule has 3 aromatic rings. The summed E-state index contributed by atoms with van der Waals surface area (Å²) in [5, 5.41) is 3.90. The summed E-state index contributed by atoms with van der Waals surface area (Å²) in [4.78, 5) is 26.8. The SMILES string of the molecule is Cc1noc(C)c1COc1ccccc1C(=O)NNC(=O)c1cc2c(s1)CCC2. The van der Waals surface area contributed by atoms with E-state index in [1.165, 1.54) is 21.8 Å². The molecule has 2 heterocycles. The Balaban J connectivity index is 1.40. The van der Waals surface area contributed by atoms with Crippen LogP contribution in [0.3, 0.4) is 0 Å². The molecular formula is C21H21N3O4S. The van der Waals surface area contributed by atoms with E-state index in [9.17, 15) is 9.59 Å². The molecule has 0 spiro atoms. The van der Waals surface area contributed by atoms with Crippen LogP contribution in [-0.2, 0) is 19.4 Å². The predicted molar refractivity (Wildman–Crippen MR) is 108 cm³/mol. The van der Waals surface area contributed by atoms with Crippen LogP contribution >= 0.6 is 11.3 Å². The summed E-state index contributed by atoms with van der Waals surface area (Å²) in [5.74, 6) is 0.331. The molecule has 0 atom stereocenters. The van der Waals surface area contributed by atoms with Gasteiger partial charge in [0.2, 0.25) is 0 Å². The average molecular weight is 411 g/mol. The topological polar surface area (TPSA) is 93.5 Å². The van der Waals surface area contributed by atoms with E-state index in [4.69, 9.17) is 9.26 Å². The van der Waals surface area contributed by atoms with Gasteiger partial charge in [0.1, 0.15) is 18.1 Å². The molecule has 4 rings (SSSR count). The van der Waals surface area contributed by atoms with Crippen LogP contribution in [0.1, 0.15) is 53.9 Å². The zero-order valence-corrected chi connectivity index (χ0v) is 17.0. The lowest BCUT2D eigenvalue weighted by Crippen LogP contribution is -2.41. The van der Waals surface area contributed by atoms with Crippen LogP contribution < -0.4 is 15.6 Å². The molecule has 29 heavy (non-hydrogen) atoms. The van der Waals surface area contributed by atoms with E-state index in [-0.39, 0.29) is 12.5 Å². The molecule has 0 fully saturated rings. The van der Waals surface area contributed by atoms with Crippen molar-refractivity contribution in [1.29, 1.82) is 0 Å². The van der Waals surface area contributed by atoms with E-state index < -0.39 is 5.91 Å². The van der Waals surface area contributed by atoms with Crippen molar-refractivity contribution >= 4 is 23.2 Å². The second-order valence-corrected chi connectivity index (χ2v) is 8.05. The van der Waals surface area contributed by atoms with Crippen molar-refractivity contribution in [2.75, 3.05) is 0 Å². The van der Waals surface area contributed by atoms with Gasteiger partial charge in [0.05, 0.1) is 21.7 Å². The number of carbonyl (C=O) groups excluding carboxylic acids is 2. The number of hydrogen-bond donors (Lipinski definition) is 2. The summed E-state index contributed by atoms with van der Waals surface area (Å²) < 4.78 is 11.0. The number of amides is 2. The van der Waals surface area contributed by atoms with Crippen LogP contribution in [0.25, 0.3) is 0 Å². The minimum absolute atomic E-state index is 0.235. The van der Waals surface area contributed by atoms with Gasteiger partial charge >= 0.3 is 0 Å². The lowest BCUT2D eigenvalue weighted by molar-refractivity contribution is 0.0846. The molecule has 150 valence electrons. The maximum Gasteiger partial charge on any atom is 0.279 e. The first-order valence-electron chi connectivity index (χ1n) is 9.38. The normalized spacial score (nSPS) is 12.5. The minimum Gasteiger partial charge on any atom is -0.488 e.